The van der Waals surface area contributed by atoms with Gasteiger partial charge in [0.25, 0.3) is 0 Å². The predicted molar refractivity (Wildman–Crippen MR) is 96.4 cm³/mol. The van der Waals surface area contributed by atoms with E-state index in [1.165, 1.54) is 12.1 Å². The van der Waals surface area contributed by atoms with Gasteiger partial charge < -0.3 is 10.1 Å². The molecule has 0 aliphatic heterocycles. The topological polar surface area (TPSA) is 56.1 Å². The Morgan fingerprint density at radius 3 is 2.48 bits per heavy atom. The number of aromatic nitrogens is 2. The third-order valence-corrected chi connectivity index (χ3v) is 3.88. The summed E-state index contributed by atoms with van der Waals surface area (Å²) in [5.74, 6) is -0.0895. The second-order valence-corrected chi connectivity index (χ2v) is 6.01. The lowest BCUT2D eigenvalue weighted by molar-refractivity contribution is -0.120. The number of carbonyl (C=O) groups excluding carboxylic acids is 1. The van der Waals surface area contributed by atoms with Gasteiger partial charge in [0, 0.05) is 18.3 Å². The Morgan fingerprint density at radius 1 is 1.04 bits per heavy atom. The molecule has 0 aliphatic rings. The molecular weight excluding hydrogens is 352 g/mol. The minimum absolute atomic E-state index is 0.0694. The number of nitrogens with zero attached hydrogens (tertiary/aromatic N) is 2. The molecule has 0 saturated heterocycles. The maximum absolute atomic E-state index is 12.1. The molecule has 0 bridgehead atoms. The molecule has 0 aliphatic carbocycles. The minimum atomic E-state index is -2.86. The Bertz CT molecular complexity index is 864. The third-order valence-electron chi connectivity index (χ3n) is 3.88. The van der Waals surface area contributed by atoms with E-state index in [0.29, 0.717) is 18.7 Å². The van der Waals surface area contributed by atoms with E-state index in [4.69, 9.17) is 0 Å². The van der Waals surface area contributed by atoms with Gasteiger partial charge >= 0.3 is 6.61 Å². The molecule has 0 fully saturated rings. The van der Waals surface area contributed by atoms with Crippen LogP contribution in [-0.2, 0) is 24.3 Å². The van der Waals surface area contributed by atoms with Crippen molar-refractivity contribution < 1.29 is 18.3 Å². The van der Waals surface area contributed by atoms with Gasteiger partial charge in [0.15, 0.2) is 0 Å². The summed E-state index contributed by atoms with van der Waals surface area (Å²) in [6.45, 7) is -1.82. The van der Waals surface area contributed by atoms with Crippen LogP contribution in [0.15, 0.2) is 67.0 Å². The van der Waals surface area contributed by atoms with E-state index < -0.39 is 6.61 Å². The van der Waals surface area contributed by atoms with Crippen LogP contribution in [0.5, 0.6) is 5.75 Å². The van der Waals surface area contributed by atoms with Crippen LogP contribution in [0, 0.1) is 0 Å². The zero-order chi connectivity index (χ0) is 19.1. The van der Waals surface area contributed by atoms with Crippen LogP contribution >= 0.6 is 0 Å². The van der Waals surface area contributed by atoms with Gasteiger partial charge in [-0.25, -0.2) is 0 Å². The number of benzene rings is 2. The van der Waals surface area contributed by atoms with Crippen LogP contribution < -0.4 is 10.1 Å². The number of rotatable bonds is 8. The zero-order valence-corrected chi connectivity index (χ0v) is 14.5. The van der Waals surface area contributed by atoms with Crippen LogP contribution in [-0.4, -0.2) is 22.3 Å². The summed E-state index contributed by atoms with van der Waals surface area (Å²) >= 11 is 0. The number of hydrogen-bond donors (Lipinski definition) is 1. The fraction of sp³-hybridized carbons (Fsp3) is 0.200. The van der Waals surface area contributed by atoms with E-state index in [9.17, 15) is 13.6 Å². The predicted octanol–water partition coefficient (Wildman–Crippen LogP) is 3.39. The average Bonchev–Trinajstić information content (AvgIpc) is 3.09. The molecule has 3 rings (SSSR count). The normalized spacial score (nSPS) is 10.8. The maximum atomic E-state index is 12.1. The lowest BCUT2D eigenvalue weighted by Crippen LogP contribution is -2.24. The first-order valence-corrected chi connectivity index (χ1v) is 8.44. The quantitative estimate of drug-likeness (QED) is 0.660. The molecule has 0 radical (unpaired) electrons. The summed E-state index contributed by atoms with van der Waals surface area (Å²) in [5, 5.41) is 7.12. The maximum Gasteiger partial charge on any atom is 0.387 e. The number of amides is 1. The van der Waals surface area contributed by atoms with E-state index in [0.717, 1.165) is 11.1 Å². The molecule has 0 unspecified atom stereocenters. The molecule has 0 atom stereocenters. The Hall–Kier alpha value is -3.22. The van der Waals surface area contributed by atoms with Gasteiger partial charge in [-0.15, -0.1) is 0 Å². The van der Waals surface area contributed by atoms with E-state index in [1.807, 2.05) is 41.2 Å². The summed E-state index contributed by atoms with van der Waals surface area (Å²) in [6.07, 6.45) is 3.77. The van der Waals surface area contributed by atoms with Crippen LogP contribution in [0.4, 0.5) is 8.78 Å². The smallest absolute Gasteiger partial charge is 0.387 e. The van der Waals surface area contributed by atoms with Crippen molar-refractivity contribution in [2.24, 2.45) is 0 Å². The monoisotopic (exact) mass is 371 g/mol. The summed E-state index contributed by atoms with van der Waals surface area (Å²) in [6, 6.07) is 16.0. The van der Waals surface area contributed by atoms with Crippen molar-refractivity contribution in [2.75, 3.05) is 0 Å². The summed E-state index contributed by atoms with van der Waals surface area (Å²) in [7, 11) is 0. The third kappa shape index (κ3) is 5.91. The van der Waals surface area contributed by atoms with Crippen molar-refractivity contribution >= 4 is 5.91 Å². The molecule has 1 aromatic heterocycles. The number of alkyl halides is 2. The number of carbonyl (C=O) groups is 1. The number of nitrogens with one attached hydrogen (secondary N) is 1. The van der Waals surface area contributed by atoms with Crippen LogP contribution in [0.2, 0.25) is 0 Å². The second-order valence-electron chi connectivity index (χ2n) is 6.01. The van der Waals surface area contributed by atoms with Crippen LogP contribution in [0.1, 0.15) is 16.7 Å². The van der Waals surface area contributed by atoms with Crippen molar-refractivity contribution in [3.05, 3.63) is 83.7 Å². The second kappa shape index (κ2) is 8.93. The van der Waals surface area contributed by atoms with Gasteiger partial charge in [0.1, 0.15) is 5.75 Å². The highest BCUT2D eigenvalue weighted by molar-refractivity contribution is 5.78. The fourth-order valence-electron chi connectivity index (χ4n) is 2.59. The van der Waals surface area contributed by atoms with E-state index in [-0.39, 0.29) is 18.1 Å². The first kappa shape index (κ1) is 18.6. The Kier molecular flexibility index (Phi) is 6.14. The van der Waals surface area contributed by atoms with Gasteiger partial charge in [-0.05, 0) is 23.3 Å². The molecule has 1 N–H and O–H groups in total. The van der Waals surface area contributed by atoms with Gasteiger partial charge in [0.2, 0.25) is 5.91 Å². The fourth-order valence-corrected chi connectivity index (χ4v) is 2.59. The molecular formula is C20H19F2N3O2. The molecule has 3 aromatic rings. The Balaban J connectivity index is 1.46. The van der Waals surface area contributed by atoms with Crippen LogP contribution in [0.25, 0.3) is 0 Å². The SMILES string of the molecule is O=C(Cc1ccc(OC(F)F)cc1)NCc1cnn(Cc2ccccc2)c1. The van der Waals surface area contributed by atoms with Gasteiger partial charge in [-0.3, -0.25) is 9.48 Å². The minimum Gasteiger partial charge on any atom is -0.435 e. The van der Waals surface area contributed by atoms with Crippen molar-refractivity contribution in [2.45, 2.75) is 26.1 Å². The molecule has 5 nitrogen and oxygen atoms in total. The van der Waals surface area contributed by atoms with Crippen LogP contribution in [0.3, 0.4) is 0 Å². The molecule has 0 saturated carbocycles. The van der Waals surface area contributed by atoms with Crippen molar-refractivity contribution in [1.82, 2.24) is 15.1 Å². The van der Waals surface area contributed by atoms with Gasteiger partial charge in [-0.2, -0.15) is 13.9 Å². The van der Waals surface area contributed by atoms with Gasteiger partial charge in [0.05, 0.1) is 19.2 Å². The van der Waals surface area contributed by atoms with Crippen molar-refractivity contribution in [3.8, 4) is 5.75 Å². The summed E-state index contributed by atoms with van der Waals surface area (Å²) in [4.78, 5) is 12.1. The number of halogens is 2. The highest BCUT2D eigenvalue weighted by Crippen LogP contribution is 2.15. The number of hydrogen-bond acceptors (Lipinski definition) is 3. The van der Waals surface area contributed by atoms with Crippen molar-refractivity contribution in [1.29, 1.82) is 0 Å². The Morgan fingerprint density at radius 2 is 1.78 bits per heavy atom. The standard InChI is InChI=1S/C20H19F2N3O2/c21-20(22)27-18-8-6-15(7-9-18)10-19(26)23-11-17-12-24-25(14-17)13-16-4-2-1-3-5-16/h1-9,12,14,20H,10-11,13H2,(H,23,26). The lowest BCUT2D eigenvalue weighted by atomic mass is 10.1. The lowest BCUT2D eigenvalue weighted by Gasteiger charge is -2.06. The largest absolute Gasteiger partial charge is 0.435 e. The summed E-state index contributed by atoms with van der Waals surface area (Å²) in [5.41, 5.74) is 2.77. The molecule has 1 heterocycles. The van der Waals surface area contributed by atoms with E-state index in [2.05, 4.69) is 15.2 Å². The van der Waals surface area contributed by atoms with Gasteiger partial charge in [-0.1, -0.05) is 42.5 Å². The van der Waals surface area contributed by atoms with E-state index >= 15 is 0 Å². The molecule has 140 valence electrons. The zero-order valence-electron chi connectivity index (χ0n) is 14.5. The molecule has 1 amide bonds. The molecule has 0 spiro atoms. The molecule has 7 heteroatoms. The Labute approximate surface area is 155 Å². The van der Waals surface area contributed by atoms with Crippen molar-refractivity contribution in [3.63, 3.8) is 0 Å². The first-order chi connectivity index (χ1) is 13.1. The highest BCUT2D eigenvalue weighted by Gasteiger charge is 2.07. The first-order valence-electron chi connectivity index (χ1n) is 8.44. The summed E-state index contributed by atoms with van der Waals surface area (Å²) < 4.78 is 30.3. The molecule has 2 aromatic carbocycles. The van der Waals surface area contributed by atoms with E-state index in [1.54, 1.807) is 18.3 Å². The number of ether oxygens (including phenoxy) is 1. The molecule has 27 heavy (non-hydrogen) atoms. The average molecular weight is 371 g/mol. The highest BCUT2D eigenvalue weighted by atomic mass is 19.3.